The van der Waals surface area contributed by atoms with Gasteiger partial charge in [0.15, 0.2) is 0 Å². The Balaban J connectivity index is -0.0000000483. The first kappa shape index (κ1) is 24.1. The third-order valence-electron chi connectivity index (χ3n) is 0.167. The van der Waals surface area contributed by atoms with Gasteiger partial charge in [0.05, 0.1) is 11.9 Å². The maximum absolute atomic E-state index is 8.93. The molecule has 2 N–H and O–H groups in total. The molecule has 0 aliphatic heterocycles. The van der Waals surface area contributed by atoms with E-state index in [0.29, 0.717) is 0 Å². The molecule has 0 atom stereocenters. The van der Waals surface area contributed by atoms with Crippen LogP contribution in [0, 0.1) is 0 Å². The molecule has 0 saturated carbocycles. The summed E-state index contributed by atoms with van der Waals surface area (Å²) in [6.45, 7) is 0. The Labute approximate surface area is 159 Å². The quantitative estimate of drug-likeness (QED) is 0.327. The van der Waals surface area contributed by atoms with Crippen molar-refractivity contribution in [3.8, 4) is 0 Å². The van der Waals surface area contributed by atoms with Crippen LogP contribution >= 0.6 is 0 Å². The molecule has 0 radical (unpaired) electrons. The zero-order valence-electron chi connectivity index (χ0n) is 6.44. The zero-order valence-corrected chi connectivity index (χ0v) is 14.2. The number of carbonyl (C=O) groups is 2. The maximum atomic E-state index is 8.93. The first-order chi connectivity index (χ1) is 4.37. The Hall–Kier alpha value is 2.65. The standard InChI is InChI=1S/C2H2O4.2K.2H2O.O.Ti/c3-1(4)2(5)6;;;;;;/h(H,3,4)(H,5,6);;;2*1H2;;/q;2*+1;;;;+2/p-4. The summed E-state index contributed by atoms with van der Waals surface area (Å²) < 4.78 is 23.2. The SMILES string of the molecule is O=C([O-])C(=O)[O-].[K+].[K+].[O]=[Ti]([OH])[OH]. The molecule has 12 heavy (non-hydrogen) atoms. The fourth-order valence-corrected chi connectivity index (χ4v) is 0. The molecule has 0 aliphatic carbocycles. The van der Waals surface area contributed by atoms with E-state index in [4.69, 9.17) is 30.5 Å². The van der Waals surface area contributed by atoms with E-state index in [1.807, 2.05) is 0 Å². The van der Waals surface area contributed by atoms with Crippen LogP contribution in [0.5, 0.6) is 0 Å². The summed E-state index contributed by atoms with van der Waals surface area (Å²) in [7, 11) is 0. The molecule has 0 aromatic carbocycles. The normalized spacial score (nSPS) is 5.83. The van der Waals surface area contributed by atoms with Crippen LogP contribution in [0.2, 0.25) is 0 Å². The molecule has 0 unspecified atom stereocenters. The molecule has 0 heterocycles. The number of hydrogen-bond donors (Lipinski definition) is 2. The van der Waals surface area contributed by atoms with Crippen LogP contribution in [0.25, 0.3) is 0 Å². The van der Waals surface area contributed by atoms with E-state index < -0.39 is 30.6 Å². The Bertz CT molecular complexity index is 141. The van der Waals surface area contributed by atoms with E-state index in [1.54, 1.807) is 0 Å². The second kappa shape index (κ2) is 16.1. The van der Waals surface area contributed by atoms with Crippen molar-refractivity contribution >= 4 is 11.9 Å². The number of carbonyl (C=O) groups excluding carboxylic acids is 2. The molecule has 10 heteroatoms. The number of hydrogen-bond acceptors (Lipinski definition) is 5. The first-order valence-electron chi connectivity index (χ1n) is 1.72. The summed E-state index contributed by atoms with van der Waals surface area (Å²) >= 11 is -3.58. The molecular weight excluding hydrogens is 262 g/mol. The summed E-state index contributed by atoms with van der Waals surface area (Å²) in [5.74, 6) is -4.37. The Morgan fingerprint density at radius 3 is 1.08 bits per heavy atom. The van der Waals surface area contributed by atoms with Gasteiger partial charge in [-0.15, -0.1) is 0 Å². The summed E-state index contributed by atoms with van der Waals surface area (Å²) in [6, 6.07) is 0. The van der Waals surface area contributed by atoms with E-state index in [9.17, 15) is 0 Å². The summed E-state index contributed by atoms with van der Waals surface area (Å²) in [4.78, 5) is 17.9. The monoisotopic (exact) mass is 264 g/mol. The molecule has 0 saturated heterocycles. The predicted octanol–water partition coefficient (Wildman–Crippen LogP) is -10.7. The zero-order chi connectivity index (χ0) is 8.73. The molecule has 0 aromatic heterocycles. The average molecular weight is 264 g/mol. The van der Waals surface area contributed by atoms with Gasteiger partial charge in [-0.3, -0.25) is 0 Å². The van der Waals surface area contributed by atoms with Crippen LogP contribution in [0.4, 0.5) is 0 Å². The minimum absolute atomic E-state index is 0. The van der Waals surface area contributed by atoms with Gasteiger partial charge in [-0.05, 0) is 0 Å². The van der Waals surface area contributed by atoms with Gasteiger partial charge in [0.25, 0.3) is 0 Å². The molecule has 7 nitrogen and oxygen atoms in total. The van der Waals surface area contributed by atoms with Gasteiger partial charge >= 0.3 is 132 Å². The first-order valence-corrected chi connectivity index (χ1v) is 3.75. The van der Waals surface area contributed by atoms with E-state index in [0.717, 1.165) is 0 Å². The van der Waals surface area contributed by atoms with Crippen molar-refractivity contribution in [2.24, 2.45) is 0 Å². The summed E-state index contributed by atoms with van der Waals surface area (Å²) in [6.07, 6.45) is 0. The van der Waals surface area contributed by atoms with Gasteiger partial charge in [0.2, 0.25) is 0 Å². The molecule has 0 bridgehead atoms. The van der Waals surface area contributed by atoms with Gasteiger partial charge < -0.3 is 19.8 Å². The fourth-order valence-electron chi connectivity index (χ4n) is 0. The molecule has 0 aromatic rings. The van der Waals surface area contributed by atoms with Crippen LogP contribution in [0.1, 0.15) is 0 Å². The summed E-state index contributed by atoms with van der Waals surface area (Å²) in [5, 5.41) is 17.9. The molecule has 0 fully saturated rings. The third kappa shape index (κ3) is 38.8. The second-order valence-corrected chi connectivity index (χ2v) is 1.74. The fraction of sp³-hybridized carbons (Fsp3) is 0. The average Bonchev–Trinajstić information content (AvgIpc) is 1.63. The third-order valence-corrected chi connectivity index (χ3v) is 0.167. The molecule has 0 rings (SSSR count). The van der Waals surface area contributed by atoms with Crippen molar-refractivity contribution in [2.45, 2.75) is 0 Å². The number of carboxylic acid groups (broad SMARTS) is 2. The van der Waals surface area contributed by atoms with Crippen molar-refractivity contribution in [3.63, 3.8) is 0 Å². The molecule has 58 valence electrons. The Morgan fingerprint density at radius 2 is 1.08 bits per heavy atom. The molecule has 0 aliphatic rings. The van der Waals surface area contributed by atoms with E-state index in [-0.39, 0.29) is 103 Å². The van der Waals surface area contributed by atoms with Crippen LogP contribution in [0.15, 0.2) is 0 Å². The Kier molecular flexibility index (Phi) is 32.3. The van der Waals surface area contributed by atoms with Crippen molar-refractivity contribution in [3.05, 3.63) is 0 Å². The van der Waals surface area contributed by atoms with E-state index >= 15 is 0 Å². The van der Waals surface area contributed by atoms with E-state index in [2.05, 4.69) is 0 Å². The van der Waals surface area contributed by atoms with Gasteiger partial charge in [0, 0.05) is 0 Å². The van der Waals surface area contributed by atoms with Gasteiger partial charge in [-0.2, -0.15) is 0 Å². The van der Waals surface area contributed by atoms with Crippen LogP contribution < -0.4 is 113 Å². The molecule has 0 amide bonds. The van der Waals surface area contributed by atoms with Crippen LogP contribution in [0.3, 0.4) is 0 Å². The van der Waals surface area contributed by atoms with Gasteiger partial charge in [0.1, 0.15) is 0 Å². The van der Waals surface area contributed by atoms with Crippen molar-refractivity contribution < 1.29 is 152 Å². The van der Waals surface area contributed by atoms with Crippen molar-refractivity contribution in [2.75, 3.05) is 0 Å². The second-order valence-electron chi connectivity index (χ2n) is 0.857. The van der Waals surface area contributed by atoms with Crippen molar-refractivity contribution in [1.29, 1.82) is 0 Å². The minimum atomic E-state index is -3.58. The topological polar surface area (TPSA) is 138 Å². The van der Waals surface area contributed by atoms with Gasteiger partial charge in [-0.25, -0.2) is 0 Å². The number of rotatable bonds is 0. The molecular formula is C2H2K2O7Ti. The number of aliphatic carboxylic acids is 2. The molecule has 0 spiro atoms. The van der Waals surface area contributed by atoms with Gasteiger partial charge in [-0.1, -0.05) is 0 Å². The van der Waals surface area contributed by atoms with Crippen LogP contribution in [-0.4, -0.2) is 19.3 Å². The number of carboxylic acids is 2. The predicted molar refractivity (Wildman–Crippen MR) is 15.1 cm³/mol. The van der Waals surface area contributed by atoms with Crippen molar-refractivity contribution in [1.82, 2.24) is 0 Å². The summed E-state index contributed by atoms with van der Waals surface area (Å²) in [5.41, 5.74) is 0. The van der Waals surface area contributed by atoms with Crippen LogP contribution in [-0.2, 0) is 31.5 Å². The Morgan fingerprint density at radius 1 is 1.00 bits per heavy atom. The van der Waals surface area contributed by atoms with E-state index in [1.165, 1.54) is 0 Å².